The van der Waals surface area contributed by atoms with Crippen LogP contribution in [0.2, 0.25) is 0 Å². The second-order valence-electron chi connectivity index (χ2n) is 20.8. The van der Waals surface area contributed by atoms with Crippen LogP contribution in [0.15, 0.2) is 24.3 Å². The Labute approximate surface area is 419 Å². The number of ether oxygens (including phenoxy) is 2. The largest absolute Gasteiger partial charge is 0.394 e. The van der Waals surface area contributed by atoms with Crippen LogP contribution in [0.5, 0.6) is 0 Å². The summed E-state index contributed by atoms with van der Waals surface area (Å²) in [4.78, 5) is 13.0. The fraction of sp³-hybridized carbons (Fsp3) is 0.915. The fourth-order valence-corrected chi connectivity index (χ4v) is 9.61. The van der Waals surface area contributed by atoms with E-state index in [9.17, 15) is 30.3 Å². The first kappa shape index (κ1) is 64.7. The lowest BCUT2D eigenvalue weighted by molar-refractivity contribution is -0.302. The van der Waals surface area contributed by atoms with Gasteiger partial charge < -0.3 is 40.3 Å². The molecular formula is C59H113NO8. The molecule has 0 aromatic rings. The van der Waals surface area contributed by atoms with Crippen molar-refractivity contribution in [2.24, 2.45) is 0 Å². The maximum atomic E-state index is 13.0. The van der Waals surface area contributed by atoms with Crippen molar-refractivity contribution in [1.82, 2.24) is 5.32 Å². The monoisotopic (exact) mass is 964 g/mol. The highest BCUT2D eigenvalue weighted by molar-refractivity contribution is 5.76. The quantitative estimate of drug-likeness (QED) is 0.0261. The van der Waals surface area contributed by atoms with E-state index in [1.807, 2.05) is 0 Å². The van der Waals surface area contributed by atoms with E-state index in [2.05, 4.69) is 43.5 Å². The number of carbonyl (C=O) groups excluding carboxylic acids is 1. The summed E-state index contributed by atoms with van der Waals surface area (Å²) >= 11 is 0. The second-order valence-corrected chi connectivity index (χ2v) is 20.8. The summed E-state index contributed by atoms with van der Waals surface area (Å²) in [6.07, 6.45) is 55.3. The number of nitrogens with one attached hydrogen (secondary N) is 1. The summed E-state index contributed by atoms with van der Waals surface area (Å²) in [7, 11) is 0. The van der Waals surface area contributed by atoms with Crippen molar-refractivity contribution in [3.63, 3.8) is 0 Å². The van der Waals surface area contributed by atoms with E-state index in [0.29, 0.717) is 12.8 Å². The first-order valence-electron chi connectivity index (χ1n) is 29.5. The van der Waals surface area contributed by atoms with E-state index in [1.165, 1.54) is 218 Å². The maximum absolute atomic E-state index is 13.0. The van der Waals surface area contributed by atoms with Gasteiger partial charge in [-0.1, -0.05) is 263 Å². The van der Waals surface area contributed by atoms with Gasteiger partial charge in [0.2, 0.25) is 5.91 Å². The lowest BCUT2D eigenvalue weighted by Gasteiger charge is -2.40. The molecule has 1 aliphatic heterocycles. The lowest BCUT2D eigenvalue weighted by Crippen LogP contribution is -2.60. The molecule has 9 heteroatoms. The molecule has 1 heterocycles. The molecule has 6 N–H and O–H groups in total. The summed E-state index contributed by atoms with van der Waals surface area (Å²) in [5.74, 6) is -0.142. The molecule has 1 amide bonds. The normalized spacial score (nSPS) is 19.7. The van der Waals surface area contributed by atoms with Crippen molar-refractivity contribution >= 4 is 5.91 Å². The molecule has 402 valence electrons. The van der Waals surface area contributed by atoms with Crippen LogP contribution in [0, 0.1) is 0 Å². The number of allylic oxidation sites excluding steroid dienone is 4. The zero-order valence-corrected chi connectivity index (χ0v) is 44.6. The number of unbranched alkanes of at least 4 members (excludes halogenated alkanes) is 37. The van der Waals surface area contributed by atoms with Crippen LogP contribution in [0.4, 0.5) is 0 Å². The summed E-state index contributed by atoms with van der Waals surface area (Å²) in [5, 5.41) is 54.4. The van der Waals surface area contributed by atoms with Gasteiger partial charge in [0.25, 0.3) is 0 Å². The zero-order chi connectivity index (χ0) is 49.4. The summed E-state index contributed by atoms with van der Waals surface area (Å²) in [5.41, 5.74) is 0. The molecule has 0 bridgehead atoms. The van der Waals surface area contributed by atoms with Crippen LogP contribution in [0.3, 0.4) is 0 Å². The number of aliphatic hydroxyl groups excluding tert-OH is 5. The van der Waals surface area contributed by atoms with Crippen molar-refractivity contribution in [2.45, 2.75) is 333 Å². The van der Waals surface area contributed by atoms with E-state index < -0.39 is 49.5 Å². The minimum absolute atomic E-state index is 0.135. The number of hydrogen-bond acceptors (Lipinski definition) is 8. The van der Waals surface area contributed by atoms with E-state index in [4.69, 9.17) is 9.47 Å². The van der Waals surface area contributed by atoms with Crippen LogP contribution in [-0.4, -0.2) is 87.5 Å². The molecule has 0 aromatic carbocycles. The molecule has 9 nitrogen and oxygen atoms in total. The van der Waals surface area contributed by atoms with Gasteiger partial charge in [0, 0.05) is 6.42 Å². The molecule has 1 saturated heterocycles. The van der Waals surface area contributed by atoms with Gasteiger partial charge in [-0.2, -0.15) is 0 Å². The molecule has 7 unspecified atom stereocenters. The predicted octanol–water partition coefficient (Wildman–Crippen LogP) is 14.6. The highest BCUT2D eigenvalue weighted by atomic mass is 16.7. The molecule has 0 radical (unpaired) electrons. The molecular weight excluding hydrogens is 851 g/mol. The van der Waals surface area contributed by atoms with Crippen LogP contribution < -0.4 is 5.32 Å². The Bertz CT molecular complexity index is 1120. The minimum Gasteiger partial charge on any atom is -0.394 e. The highest BCUT2D eigenvalue weighted by Crippen LogP contribution is 2.23. The van der Waals surface area contributed by atoms with Crippen LogP contribution in [0.25, 0.3) is 0 Å². The Balaban J connectivity index is 2.04. The molecule has 68 heavy (non-hydrogen) atoms. The van der Waals surface area contributed by atoms with Crippen molar-refractivity contribution in [3.8, 4) is 0 Å². The Morgan fingerprint density at radius 1 is 0.500 bits per heavy atom. The fourth-order valence-electron chi connectivity index (χ4n) is 9.61. The Morgan fingerprint density at radius 2 is 0.868 bits per heavy atom. The van der Waals surface area contributed by atoms with E-state index in [0.717, 1.165) is 44.9 Å². The minimum atomic E-state index is -1.55. The van der Waals surface area contributed by atoms with Gasteiger partial charge in [-0.25, -0.2) is 0 Å². The third-order valence-electron chi connectivity index (χ3n) is 14.3. The van der Waals surface area contributed by atoms with Gasteiger partial charge >= 0.3 is 0 Å². The van der Waals surface area contributed by atoms with Crippen LogP contribution >= 0.6 is 0 Å². The Hall–Kier alpha value is -1.33. The van der Waals surface area contributed by atoms with Crippen molar-refractivity contribution in [1.29, 1.82) is 0 Å². The van der Waals surface area contributed by atoms with Gasteiger partial charge in [0.05, 0.1) is 25.4 Å². The molecule has 0 aliphatic carbocycles. The standard InChI is InChI=1S/C59H113NO8/c1-3-5-7-9-11-13-15-16-17-18-19-20-21-22-23-24-25-26-27-28-29-30-31-32-33-34-35-36-37-38-39-41-43-45-47-49-55(63)60-52(51-67-59-58(66)57(65)56(64)54(50-61)68-59)53(62)48-46-44-42-40-14-12-10-8-6-4-2/h21-22,24-25,52-54,56-59,61-62,64-66H,3-20,23,26-51H2,1-2H3,(H,60,63)/b22-21-,25-24-. The maximum Gasteiger partial charge on any atom is 0.220 e. The lowest BCUT2D eigenvalue weighted by atomic mass is 9.99. The Morgan fingerprint density at radius 3 is 1.26 bits per heavy atom. The van der Waals surface area contributed by atoms with Crippen molar-refractivity contribution < 1.29 is 39.8 Å². The van der Waals surface area contributed by atoms with Crippen molar-refractivity contribution in [2.75, 3.05) is 13.2 Å². The smallest absolute Gasteiger partial charge is 0.220 e. The number of amides is 1. The third kappa shape index (κ3) is 38.4. The average Bonchev–Trinajstić information content (AvgIpc) is 3.34. The molecule has 0 aromatic heterocycles. The molecule has 7 atom stereocenters. The number of carbonyl (C=O) groups is 1. The third-order valence-corrected chi connectivity index (χ3v) is 14.3. The first-order valence-corrected chi connectivity index (χ1v) is 29.5. The number of rotatable bonds is 51. The average molecular weight is 965 g/mol. The van der Waals surface area contributed by atoms with E-state index >= 15 is 0 Å². The zero-order valence-electron chi connectivity index (χ0n) is 44.6. The van der Waals surface area contributed by atoms with Gasteiger partial charge in [0.15, 0.2) is 6.29 Å². The summed E-state index contributed by atoms with van der Waals surface area (Å²) in [6.45, 7) is 3.84. The summed E-state index contributed by atoms with van der Waals surface area (Å²) < 4.78 is 11.3. The predicted molar refractivity (Wildman–Crippen MR) is 286 cm³/mol. The highest BCUT2D eigenvalue weighted by Gasteiger charge is 2.44. The SMILES string of the molecule is CCCCCCCCCCCCC/C=C\C/C=C\CCCCCCCCCCCCCCCCCCCC(=O)NC(COC1OC(CO)C(O)C(O)C1O)C(O)CCCCCCCCCCCC. The topological polar surface area (TPSA) is 149 Å². The first-order chi connectivity index (χ1) is 33.3. The number of hydrogen-bond donors (Lipinski definition) is 6. The van der Waals surface area contributed by atoms with E-state index in [-0.39, 0.29) is 12.5 Å². The van der Waals surface area contributed by atoms with Gasteiger partial charge in [-0.3, -0.25) is 4.79 Å². The summed E-state index contributed by atoms with van der Waals surface area (Å²) in [6, 6.07) is -0.715. The second kappa shape index (κ2) is 49.3. The molecule has 1 fully saturated rings. The Kier molecular flexibility index (Phi) is 46.9. The molecule has 0 spiro atoms. The van der Waals surface area contributed by atoms with Gasteiger partial charge in [-0.05, 0) is 44.9 Å². The number of aliphatic hydroxyl groups is 5. The van der Waals surface area contributed by atoms with Gasteiger partial charge in [-0.15, -0.1) is 0 Å². The molecule has 1 aliphatic rings. The van der Waals surface area contributed by atoms with Gasteiger partial charge in [0.1, 0.15) is 24.4 Å². The molecule has 0 saturated carbocycles. The van der Waals surface area contributed by atoms with Crippen LogP contribution in [-0.2, 0) is 14.3 Å². The van der Waals surface area contributed by atoms with Crippen molar-refractivity contribution in [3.05, 3.63) is 24.3 Å². The van der Waals surface area contributed by atoms with E-state index in [1.54, 1.807) is 0 Å². The van der Waals surface area contributed by atoms with Crippen LogP contribution in [0.1, 0.15) is 290 Å². The molecule has 1 rings (SSSR count).